The van der Waals surface area contributed by atoms with Gasteiger partial charge in [0.1, 0.15) is 0 Å². The third-order valence-corrected chi connectivity index (χ3v) is 6.25. The second kappa shape index (κ2) is 10.2. The van der Waals surface area contributed by atoms with E-state index in [2.05, 4.69) is 9.97 Å². The first-order chi connectivity index (χ1) is 15.6. The number of esters is 3. The van der Waals surface area contributed by atoms with Crippen LogP contribution in [0.25, 0.3) is 11.1 Å². The summed E-state index contributed by atoms with van der Waals surface area (Å²) < 4.78 is 21.1. The Bertz CT molecular complexity index is 1030. The van der Waals surface area contributed by atoms with Gasteiger partial charge in [-0.25, -0.2) is 9.97 Å². The van der Waals surface area contributed by atoms with Gasteiger partial charge in [-0.3, -0.25) is 14.4 Å². The van der Waals surface area contributed by atoms with Crippen LogP contribution < -0.4 is 4.74 Å². The summed E-state index contributed by atoms with van der Waals surface area (Å²) in [5.41, 5.74) is 1.75. The first-order valence-corrected chi connectivity index (χ1v) is 11.0. The monoisotopic (exact) mass is 476 g/mol. The van der Waals surface area contributed by atoms with Gasteiger partial charge in [-0.05, 0) is 17.2 Å². The van der Waals surface area contributed by atoms with Crippen molar-refractivity contribution in [2.24, 2.45) is 0 Å². The summed E-state index contributed by atoms with van der Waals surface area (Å²) in [6.45, 7) is 3.58. The number of benzene rings is 1. The highest BCUT2D eigenvalue weighted by Crippen LogP contribution is 2.47. The van der Waals surface area contributed by atoms with E-state index in [4.69, 9.17) is 18.9 Å². The number of aliphatic hydroxyl groups is 1. The molecule has 1 N–H and O–H groups in total. The molecule has 1 aromatic carbocycles. The van der Waals surface area contributed by atoms with Gasteiger partial charge in [-0.2, -0.15) is 0 Å². The normalized spacial score (nSPS) is 24.5. The molecule has 11 heteroatoms. The molecule has 4 atom stereocenters. The molecular formula is C22H24N2O8S. The van der Waals surface area contributed by atoms with E-state index >= 15 is 0 Å². The van der Waals surface area contributed by atoms with Crippen LogP contribution in [-0.4, -0.2) is 64.2 Å². The Morgan fingerprint density at radius 3 is 2.21 bits per heavy atom. The fourth-order valence-corrected chi connectivity index (χ4v) is 4.83. The predicted molar refractivity (Wildman–Crippen MR) is 117 cm³/mol. The van der Waals surface area contributed by atoms with Crippen molar-refractivity contribution in [3.8, 4) is 17.1 Å². The van der Waals surface area contributed by atoms with Crippen LogP contribution in [0, 0.1) is 0 Å². The molecule has 176 valence electrons. The van der Waals surface area contributed by atoms with Crippen molar-refractivity contribution in [3.05, 3.63) is 42.2 Å². The van der Waals surface area contributed by atoms with Crippen LogP contribution in [0.5, 0.6) is 6.01 Å². The van der Waals surface area contributed by atoms with Gasteiger partial charge in [0.05, 0.1) is 7.11 Å². The molecule has 1 aliphatic rings. The fourth-order valence-electron chi connectivity index (χ4n) is 3.51. The Kier molecular flexibility index (Phi) is 7.54. The SMILES string of the molecule is COc1ncc(-c2cccc([C@@]3(O)SC[C@@H](OC(C)=O)[C@H](OC(C)=O)[C@H]3OC(C)=O)c2)cn1. The van der Waals surface area contributed by atoms with Crippen molar-refractivity contribution in [3.63, 3.8) is 0 Å². The molecule has 0 amide bonds. The first kappa shape index (κ1) is 24.5. The zero-order chi connectivity index (χ0) is 24.2. The van der Waals surface area contributed by atoms with E-state index < -0.39 is 41.2 Å². The third-order valence-electron chi connectivity index (χ3n) is 4.85. The van der Waals surface area contributed by atoms with Gasteiger partial charge in [0, 0.05) is 44.5 Å². The Morgan fingerprint density at radius 1 is 1.00 bits per heavy atom. The van der Waals surface area contributed by atoms with Crippen LogP contribution in [0.1, 0.15) is 26.3 Å². The van der Waals surface area contributed by atoms with Crippen LogP contribution in [0.4, 0.5) is 0 Å². The minimum atomic E-state index is -1.80. The number of rotatable bonds is 6. The number of nitrogens with zero attached hydrogens (tertiary/aromatic N) is 2. The van der Waals surface area contributed by atoms with Crippen molar-refractivity contribution in [1.29, 1.82) is 0 Å². The van der Waals surface area contributed by atoms with Gasteiger partial charge in [-0.1, -0.05) is 18.2 Å². The first-order valence-electron chi connectivity index (χ1n) is 9.99. The lowest BCUT2D eigenvalue weighted by Crippen LogP contribution is -2.58. The Hall–Kier alpha value is -3.18. The standard InChI is InChI=1S/C22H24N2O8S/c1-12(25)30-18-11-33-22(28,20(32-14(3)27)19(18)31-13(2)26)17-7-5-6-15(8-17)16-9-23-21(29-4)24-10-16/h5-10,18-20,28H,11H2,1-4H3/t18-,19+,20-,22-/m1/s1. The van der Waals surface area contributed by atoms with E-state index in [1.807, 2.05) is 0 Å². The zero-order valence-corrected chi connectivity index (χ0v) is 19.3. The molecule has 0 unspecified atom stereocenters. The molecule has 2 aromatic rings. The minimum absolute atomic E-state index is 0.0989. The molecule has 33 heavy (non-hydrogen) atoms. The van der Waals surface area contributed by atoms with E-state index in [-0.39, 0.29) is 11.8 Å². The van der Waals surface area contributed by atoms with Gasteiger partial charge < -0.3 is 24.1 Å². The van der Waals surface area contributed by atoms with Gasteiger partial charge in [0.25, 0.3) is 0 Å². The fraction of sp³-hybridized carbons (Fsp3) is 0.409. The highest BCUT2D eigenvalue weighted by atomic mass is 32.2. The van der Waals surface area contributed by atoms with E-state index in [0.717, 1.165) is 11.8 Å². The van der Waals surface area contributed by atoms with Gasteiger partial charge in [0.2, 0.25) is 0 Å². The maximum atomic E-state index is 11.9. The molecule has 1 saturated heterocycles. The van der Waals surface area contributed by atoms with Gasteiger partial charge >= 0.3 is 23.9 Å². The average Bonchev–Trinajstić information content (AvgIpc) is 2.77. The molecule has 10 nitrogen and oxygen atoms in total. The lowest BCUT2D eigenvalue weighted by Gasteiger charge is -2.45. The van der Waals surface area contributed by atoms with E-state index in [9.17, 15) is 19.5 Å². The van der Waals surface area contributed by atoms with E-state index in [0.29, 0.717) is 16.7 Å². The number of carbonyl (C=O) groups is 3. The third kappa shape index (κ3) is 5.60. The number of ether oxygens (including phenoxy) is 4. The number of hydrogen-bond acceptors (Lipinski definition) is 11. The average molecular weight is 477 g/mol. The van der Waals surface area contributed by atoms with Crippen LogP contribution in [-0.2, 0) is 33.5 Å². The van der Waals surface area contributed by atoms with Crippen molar-refractivity contribution in [2.45, 2.75) is 44.0 Å². The molecule has 0 saturated carbocycles. The number of aromatic nitrogens is 2. The van der Waals surface area contributed by atoms with Crippen molar-refractivity contribution < 1.29 is 38.4 Å². The molecule has 0 spiro atoms. The lowest BCUT2D eigenvalue weighted by atomic mass is 9.93. The molecule has 1 aliphatic heterocycles. The highest BCUT2D eigenvalue weighted by molar-refractivity contribution is 8.00. The smallest absolute Gasteiger partial charge is 0.316 e. The number of thioether (sulfide) groups is 1. The largest absolute Gasteiger partial charge is 0.467 e. The van der Waals surface area contributed by atoms with Crippen molar-refractivity contribution in [2.75, 3.05) is 12.9 Å². The van der Waals surface area contributed by atoms with Crippen LogP contribution >= 0.6 is 11.8 Å². The van der Waals surface area contributed by atoms with Crippen LogP contribution in [0.3, 0.4) is 0 Å². The Labute approximate surface area is 194 Å². The van der Waals surface area contributed by atoms with E-state index in [1.165, 1.54) is 27.9 Å². The molecule has 2 heterocycles. The topological polar surface area (TPSA) is 134 Å². The maximum Gasteiger partial charge on any atom is 0.316 e. The van der Waals surface area contributed by atoms with E-state index in [1.54, 1.807) is 36.7 Å². The summed E-state index contributed by atoms with van der Waals surface area (Å²) in [4.78, 5) is 41.7. The quantitative estimate of drug-likeness (QED) is 0.483. The Balaban J connectivity index is 2.04. The van der Waals surface area contributed by atoms with Crippen LogP contribution in [0.2, 0.25) is 0 Å². The Morgan fingerprint density at radius 2 is 1.64 bits per heavy atom. The molecule has 3 rings (SSSR count). The maximum absolute atomic E-state index is 11.9. The van der Waals surface area contributed by atoms with Gasteiger partial charge in [-0.15, -0.1) is 11.8 Å². The molecule has 1 aromatic heterocycles. The molecule has 0 aliphatic carbocycles. The summed E-state index contributed by atoms with van der Waals surface area (Å²) in [5.74, 6) is -1.86. The predicted octanol–water partition coefficient (Wildman–Crippen LogP) is 1.84. The van der Waals surface area contributed by atoms with Gasteiger partial charge in [0.15, 0.2) is 23.2 Å². The number of methoxy groups -OCH3 is 1. The number of hydrogen-bond donors (Lipinski definition) is 1. The summed E-state index contributed by atoms with van der Waals surface area (Å²) in [6, 6.07) is 7.10. The summed E-state index contributed by atoms with van der Waals surface area (Å²) in [5, 5.41) is 11.7. The summed E-state index contributed by atoms with van der Waals surface area (Å²) in [7, 11) is 1.46. The molecular weight excluding hydrogens is 452 g/mol. The minimum Gasteiger partial charge on any atom is -0.467 e. The van der Waals surface area contributed by atoms with Crippen LogP contribution in [0.15, 0.2) is 36.7 Å². The molecule has 1 fully saturated rings. The van der Waals surface area contributed by atoms with Crippen molar-refractivity contribution in [1.82, 2.24) is 9.97 Å². The number of carbonyl (C=O) groups excluding carboxylic acids is 3. The molecule has 0 bridgehead atoms. The summed E-state index contributed by atoms with van der Waals surface area (Å²) in [6.07, 6.45) is -0.325. The second-order valence-corrected chi connectivity index (χ2v) is 8.54. The van der Waals surface area contributed by atoms with Crippen molar-refractivity contribution >= 4 is 29.7 Å². The summed E-state index contributed by atoms with van der Waals surface area (Å²) >= 11 is 1.02. The highest BCUT2D eigenvalue weighted by Gasteiger charge is 2.55. The lowest BCUT2D eigenvalue weighted by molar-refractivity contribution is -0.197. The molecule has 0 radical (unpaired) electrons. The zero-order valence-electron chi connectivity index (χ0n) is 18.5. The second-order valence-electron chi connectivity index (χ2n) is 7.30.